The molecule has 0 fully saturated rings. The molecule has 0 aliphatic carbocycles. The molecule has 1 unspecified atom stereocenters. The van der Waals surface area contributed by atoms with Crippen LogP contribution >= 0.6 is 0 Å². The molecule has 0 aromatic heterocycles. The van der Waals surface area contributed by atoms with Gasteiger partial charge in [-0.2, -0.15) is 0 Å². The third-order valence-corrected chi connectivity index (χ3v) is 2.67. The van der Waals surface area contributed by atoms with Gasteiger partial charge in [-0.1, -0.05) is 25.8 Å². The average Bonchev–Trinajstić information content (AvgIpc) is 2.39. The highest BCUT2D eigenvalue weighted by atomic mass is 19.3. The van der Waals surface area contributed by atoms with Crippen molar-refractivity contribution in [1.29, 1.82) is 0 Å². The second kappa shape index (κ2) is 9.44. The standard InChI is InChI=1S/C14H24F2N2O3/c1-4-6-7-11(19)13(21)18(10-14(3,15)16)9-12(20)17-8-5-2/h5,11,19H,2,4,6-10H2,1,3H3,(H,17,20). The Balaban J connectivity index is 4.75. The van der Waals surface area contributed by atoms with Crippen LogP contribution in [0.4, 0.5) is 8.78 Å². The number of carbonyl (C=O) groups is 2. The van der Waals surface area contributed by atoms with Crippen molar-refractivity contribution in [3.05, 3.63) is 12.7 Å². The molecule has 0 aliphatic heterocycles. The zero-order valence-corrected chi connectivity index (χ0v) is 12.6. The number of carbonyl (C=O) groups excluding carboxylic acids is 2. The minimum Gasteiger partial charge on any atom is -0.383 e. The third-order valence-electron chi connectivity index (χ3n) is 2.67. The first kappa shape index (κ1) is 19.5. The SMILES string of the molecule is C=CCNC(=O)CN(CC(C)(F)F)C(=O)C(O)CCCC. The number of aliphatic hydroxyl groups is 1. The molecule has 2 amide bonds. The van der Waals surface area contributed by atoms with Crippen molar-refractivity contribution in [3.63, 3.8) is 0 Å². The summed E-state index contributed by atoms with van der Waals surface area (Å²) >= 11 is 0. The Kier molecular flexibility index (Phi) is 8.76. The number of amides is 2. The second-order valence-corrected chi connectivity index (χ2v) is 5.02. The molecule has 0 rings (SSSR count). The minimum absolute atomic E-state index is 0.182. The fourth-order valence-electron chi connectivity index (χ4n) is 1.69. The van der Waals surface area contributed by atoms with Gasteiger partial charge in [-0.25, -0.2) is 8.78 Å². The smallest absolute Gasteiger partial charge is 0.262 e. The van der Waals surface area contributed by atoms with Crippen LogP contribution in [0, 0.1) is 0 Å². The first-order valence-corrected chi connectivity index (χ1v) is 6.93. The van der Waals surface area contributed by atoms with Crippen LogP contribution in [0.3, 0.4) is 0 Å². The van der Waals surface area contributed by atoms with Gasteiger partial charge in [0.2, 0.25) is 5.91 Å². The summed E-state index contributed by atoms with van der Waals surface area (Å²) in [6.45, 7) is 4.72. The Morgan fingerprint density at radius 1 is 1.48 bits per heavy atom. The molecule has 0 heterocycles. The van der Waals surface area contributed by atoms with Gasteiger partial charge in [-0.15, -0.1) is 6.58 Å². The monoisotopic (exact) mass is 306 g/mol. The molecular weight excluding hydrogens is 282 g/mol. The molecule has 7 heteroatoms. The molecule has 0 saturated heterocycles. The lowest BCUT2D eigenvalue weighted by atomic mass is 10.1. The van der Waals surface area contributed by atoms with Gasteiger partial charge in [0, 0.05) is 13.5 Å². The molecule has 122 valence electrons. The van der Waals surface area contributed by atoms with Gasteiger partial charge in [-0.3, -0.25) is 9.59 Å². The molecule has 1 atom stereocenters. The predicted molar refractivity (Wildman–Crippen MR) is 75.9 cm³/mol. The van der Waals surface area contributed by atoms with E-state index in [1.165, 1.54) is 6.08 Å². The van der Waals surface area contributed by atoms with Crippen LogP contribution in [0.2, 0.25) is 0 Å². The summed E-state index contributed by atoms with van der Waals surface area (Å²) in [7, 11) is 0. The molecule has 0 bridgehead atoms. The quantitative estimate of drug-likeness (QED) is 0.598. The van der Waals surface area contributed by atoms with E-state index in [9.17, 15) is 23.5 Å². The summed E-state index contributed by atoms with van der Waals surface area (Å²) < 4.78 is 26.3. The fourth-order valence-corrected chi connectivity index (χ4v) is 1.69. The van der Waals surface area contributed by atoms with E-state index in [1.54, 1.807) is 0 Å². The van der Waals surface area contributed by atoms with E-state index in [0.29, 0.717) is 18.2 Å². The van der Waals surface area contributed by atoms with E-state index >= 15 is 0 Å². The van der Waals surface area contributed by atoms with Crippen LogP contribution in [0.5, 0.6) is 0 Å². The van der Waals surface area contributed by atoms with Gasteiger partial charge >= 0.3 is 0 Å². The number of alkyl halides is 2. The number of nitrogens with one attached hydrogen (secondary N) is 1. The molecule has 21 heavy (non-hydrogen) atoms. The second-order valence-electron chi connectivity index (χ2n) is 5.02. The molecule has 0 aliphatic rings. The lowest BCUT2D eigenvalue weighted by Gasteiger charge is -2.27. The van der Waals surface area contributed by atoms with E-state index in [2.05, 4.69) is 11.9 Å². The van der Waals surface area contributed by atoms with Gasteiger partial charge in [0.15, 0.2) is 0 Å². The normalized spacial score (nSPS) is 12.6. The Morgan fingerprint density at radius 3 is 2.57 bits per heavy atom. The summed E-state index contributed by atoms with van der Waals surface area (Å²) in [6.07, 6.45) is 1.64. The molecule has 5 nitrogen and oxygen atoms in total. The maximum Gasteiger partial charge on any atom is 0.262 e. The predicted octanol–water partition coefficient (Wildman–Crippen LogP) is 1.32. The van der Waals surface area contributed by atoms with Crippen LogP contribution in [0.1, 0.15) is 33.1 Å². The minimum atomic E-state index is -3.14. The Labute approximate surface area is 124 Å². The van der Waals surface area contributed by atoms with E-state index in [1.807, 2.05) is 6.92 Å². The van der Waals surface area contributed by atoms with E-state index in [0.717, 1.165) is 6.42 Å². The topological polar surface area (TPSA) is 69.6 Å². The molecule has 0 radical (unpaired) electrons. The zero-order chi connectivity index (χ0) is 16.5. The Hall–Kier alpha value is -1.50. The first-order valence-electron chi connectivity index (χ1n) is 6.93. The van der Waals surface area contributed by atoms with Crippen molar-refractivity contribution in [3.8, 4) is 0 Å². The summed E-state index contributed by atoms with van der Waals surface area (Å²) in [5.41, 5.74) is 0. The van der Waals surface area contributed by atoms with Crippen LogP contribution < -0.4 is 5.32 Å². The van der Waals surface area contributed by atoms with Crippen molar-refractivity contribution in [2.24, 2.45) is 0 Å². The summed E-state index contributed by atoms with van der Waals surface area (Å²) in [6, 6.07) is 0. The summed E-state index contributed by atoms with van der Waals surface area (Å²) in [4.78, 5) is 24.2. The number of aliphatic hydroxyl groups excluding tert-OH is 1. The number of halogens is 2. The first-order chi connectivity index (χ1) is 9.71. The molecular formula is C14H24F2N2O3. The fraction of sp³-hybridized carbons (Fsp3) is 0.714. The van der Waals surface area contributed by atoms with E-state index in [-0.39, 0.29) is 13.0 Å². The highest BCUT2D eigenvalue weighted by Gasteiger charge is 2.32. The third kappa shape index (κ3) is 9.12. The molecule has 0 aromatic carbocycles. The number of unbranched alkanes of at least 4 members (excludes halogenated alkanes) is 1. The number of hydrogen-bond acceptors (Lipinski definition) is 3. The zero-order valence-electron chi connectivity index (χ0n) is 12.6. The van der Waals surface area contributed by atoms with Crippen molar-refractivity contribution < 1.29 is 23.5 Å². The maximum absolute atomic E-state index is 13.1. The molecule has 0 spiro atoms. The van der Waals surface area contributed by atoms with Crippen LogP contribution in [0.15, 0.2) is 12.7 Å². The van der Waals surface area contributed by atoms with Gasteiger partial charge in [0.25, 0.3) is 11.8 Å². The summed E-state index contributed by atoms with van der Waals surface area (Å²) in [5.74, 6) is -4.56. The molecule has 2 N–H and O–H groups in total. The van der Waals surface area contributed by atoms with Crippen molar-refractivity contribution in [2.45, 2.75) is 45.1 Å². The lowest BCUT2D eigenvalue weighted by molar-refractivity contribution is -0.148. The maximum atomic E-state index is 13.1. The van der Waals surface area contributed by atoms with Crippen molar-refractivity contribution >= 4 is 11.8 Å². The largest absolute Gasteiger partial charge is 0.383 e. The average molecular weight is 306 g/mol. The van der Waals surface area contributed by atoms with Gasteiger partial charge in [-0.05, 0) is 6.42 Å². The molecule has 0 saturated carbocycles. The molecule has 0 aromatic rings. The van der Waals surface area contributed by atoms with Gasteiger partial charge < -0.3 is 15.3 Å². The van der Waals surface area contributed by atoms with E-state index in [4.69, 9.17) is 0 Å². The van der Waals surface area contributed by atoms with Crippen LogP contribution in [-0.4, -0.2) is 53.5 Å². The van der Waals surface area contributed by atoms with Crippen LogP contribution in [-0.2, 0) is 9.59 Å². The number of rotatable bonds is 10. The highest BCUT2D eigenvalue weighted by molar-refractivity contribution is 5.87. The van der Waals surface area contributed by atoms with Gasteiger partial charge in [0.1, 0.15) is 6.10 Å². The van der Waals surface area contributed by atoms with Crippen LogP contribution in [0.25, 0.3) is 0 Å². The number of hydrogen-bond donors (Lipinski definition) is 2. The number of nitrogens with zero attached hydrogens (tertiary/aromatic N) is 1. The lowest BCUT2D eigenvalue weighted by Crippen LogP contribution is -2.49. The highest BCUT2D eigenvalue weighted by Crippen LogP contribution is 2.15. The van der Waals surface area contributed by atoms with Crippen molar-refractivity contribution in [2.75, 3.05) is 19.6 Å². The Bertz CT molecular complexity index is 357. The Morgan fingerprint density at radius 2 is 2.10 bits per heavy atom. The summed E-state index contributed by atoms with van der Waals surface area (Å²) in [5, 5.41) is 12.1. The van der Waals surface area contributed by atoms with E-state index < -0.39 is 36.9 Å². The van der Waals surface area contributed by atoms with Gasteiger partial charge in [0.05, 0.1) is 13.1 Å². The van der Waals surface area contributed by atoms with Crippen molar-refractivity contribution in [1.82, 2.24) is 10.2 Å².